The summed E-state index contributed by atoms with van der Waals surface area (Å²) in [6.45, 7) is 6.25. The van der Waals surface area contributed by atoms with Crippen molar-refractivity contribution in [2.24, 2.45) is 0 Å². The molecule has 2 aromatic heterocycles. The lowest BCUT2D eigenvalue weighted by Gasteiger charge is -2.11. The van der Waals surface area contributed by atoms with Crippen LogP contribution >= 0.6 is 23.1 Å². The molecule has 0 fully saturated rings. The third kappa shape index (κ3) is 2.32. The molecule has 6 nitrogen and oxygen atoms in total. The van der Waals surface area contributed by atoms with Crippen molar-refractivity contribution < 1.29 is 0 Å². The molecular weight excluding hydrogens is 356 g/mol. The number of anilines is 1. The molecule has 8 heteroatoms. The zero-order valence-corrected chi connectivity index (χ0v) is 15.4. The molecule has 0 radical (unpaired) electrons. The smallest absolute Gasteiger partial charge is 0.274 e. The maximum atomic E-state index is 13.0. The summed E-state index contributed by atoms with van der Waals surface area (Å²) < 4.78 is 2.91. The molecule has 1 aliphatic heterocycles. The molecule has 0 saturated heterocycles. The van der Waals surface area contributed by atoms with E-state index in [9.17, 15) is 9.59 Å². The fourth-order valence-corrected chi connectivity index (χ4v) is 5.53. The normalized spacial score (nSPS) is 17.1. The molecule has 1 aliphatic rings. The molecule has 3 heterocycles. The van der Waals surface area contributed by atoms with Crippen molar-refractivity contribution >= 4 is 40.4 Å². The summed E-state index contributed by atoms with van der Waals surface area (Å²) >= 11 is 2.92. The van der Waals surface area contributed by atoms with Gasteiger partial charge in [-0.05, 0) is 19.1 Å². The molecule has 4 rings (SSSR count). The number of hydrogen-bond acceptors (Lipinski definition) is 5. The topological polar surface area (TPSA) is 73.9 Å². The fourth-order valence-electron chi connectivity index (χ4n) is 2.94. The zero-order chi connectivity index (χ0) is 17.7. The molecular formula is C17H16N4O2S2. The first-order valence-electron chi connectivity index (χ1n) is 7.77. The summed E-state index contributed by atoms with van der Waals surface area (Å²) in [6.07, 6.45) is 0. The first-order valence-corrected chi connectivity index (χ1v) is 9.40. The average molecular weight is 372 g/mol. The second-order valence-corrected chi connectivity index (χ2v) is 7.68. The Kier molecular flexibility index (Phi) is 3.73. The van der Waals surface area contributed by atoms with Gasteiger partial charge in [-0.3, -0.25) is 24.4 Å². The van der Waals surface area contributed by atoms with Crippen molar-refractivity contribution in [3.8, 4) is 0 Å². The number of aromatic nitrogens is 3. The number of nitrogens with zero attached hydrogens (tertiary/aromatic N) is 2. The monoisotopic (exact) mass is 372 g/mol. The van der Waals surface area contributed by atoms with E-state index in [4.69, 9.17) is 0 Å². The van der Waals surface area contributed by atoms with Gasteiger partial charge in [-0.25, -0.2) is 0 Å². The SMILES string of the molecule is C=c1[nH][nH]c(=O)c1=c1s/c(=C2/Sc3ccccc3N2C)c(=O)n1CC. The Morgan fingerprint density at radius 2 is 1.96 bits per heavy atom. The summed E-state index contributed by atoms with van der Waals surface area (Å²) in [5.41, 5.74) is 0.739. The molecule has 0 unspecified atom stereocenters. The Morgan fingerprint density at radius 1 is 1.20 bits per heavy atom. The van der Waals surface area contributed by atoms with E-state index in [1.165, 1.54) is 11.3 Å². The molecule has 0 aliphatic carbocycles. The molecule has 2 N–H and O–H groups in total. The van der Waals surface area contributed by atoms with Crippen LogP contribution in [-0.4, -0.2) is 21.8 Å². The van der Waals surface area contributed by atoms with E-state index in [2.05, 4.69) is 16.8 Å². The molecule has 0 bridgehead atoms. The van der Waals surface area contributed by atoms with E-state index in [0.29, 0.717) is 26.3 Å². The van der Waals surface area contributed by atoms with Crippen molar-refractivity contribution in [3.05, 3.63) is 64.7 Å². The zero-order valence-electron chi connectivity index (χ0n) is 13.8. The lowest BCUT2D eigenvalue weighted by molar-refractivity contribution is 0.722. The van der Waals surface area contributed by atoms with Crippen LogP contribution in [0.4, 0.5) is 5.69 Å². The maximum absolute atomic E-state index is 13.0. The Hall–Kier alpha value is -2.45. The summed E-state index contributed by atoms with van der Waals surface area (Å²) in [6, 6.07) is 8.05. The van der Waals surface area contributed by atoms with Crippen LogP contribution < -0.4 is 25.9 Å². The highest BCUT2D eigenvalue weighted by molar-refractivity contribution is 8.08. The minimum atomic E-state index is -0.263. The van der Waals surface area contributed by atoms with Gasteiger partial charge < -0.3 is 4.90 Å². The lowest BCUT2D eigenvalue weighted by atomic mass is 10.3. The first kappa shape index (κ1) is 16.0. The van der Waals surface area contributed by atoms with Crippen molar-refractivity contribution in [2.75, 3.05) is 11.9 Å². The standard InChI is InChI=1S/C17H16N4O2S2/c1-4-21-15(23)13(25-16(21)12-9(2)18-19-14(12)22)17-20(3)10-7-5-6-8-11(10)24-17/h5-8,18H,2,4H2,1,3H3,(H,19,22)/b16-12?,17-13+. The van der Waals surface area contributed by atoms with E-state index < -0.39 is 0 Å². The van der Waals surface area contributed by atoms with Gasteiger partial charge in [-0.2, -0.15) is 0 Å². The van der Waals surface area contributed by atoms with Crippen molar-refractivity contribution in [3.63, 3.8) is 0 Å². The minimum Gasteiger partial charge on any atom is -0.337 e. The van der Waals surface area contributed by atoms with Crippen molar-refractivity contribution in [1.29, 1.82) is 0 Å². The molecule has 25 heavy (non-hydrogen) atoms. The molecule has 0 amide bonds. The predicted molar refractivity (Wildman–Crippen MR) is 102 cm³/mol. The van der Waals surface area contributed by atoms with Crippen molar-refractivity contribution in [1.82, 2.24) is 14.8 Å². The number of benzene rings is 1. The van der Waals surface area contributed by atoms with Crippen LogP contribution in [0.15, 0.2) is 38.8 Å². The van der Waals surface area contributed by atoms with Crippen LogP contribution in [0.25, 0.3) is 11.6 Å². The number of nitrogens with one attached hydrogen (secondary N) is 2. The van der Waals surface area contributed by atoms with Crippen LogP contribution in [-0.2, 0) is 6.54 Å². The largest absolute Gasteiger partial charge is 0.337 e. The van der Waals surface area contributed by atoms with E-state index in [1.807, 2.05) is 43.1 Å². The number of rotatable bonds is 1. The highest BCUT2D eigenvalue weighted by Crippen LogP contribution is 2.44. The number of hydrogen-bond donors (Lipinski definition) is 2. The fraction of sp³-hybridized carbons (Fsp3) is 0.176. The third-order valence-electron chi connectivity index (χ3n) is 4.20. The molecule has 0 saturated carbocycles. The van der Waals surface area contributed by atoms with E-state index in [1.54, 1.807) is 16.3 Å². The molecule has 0 atom stereocenters. The summed E-state index contributed by atoms with van der Waals surface area (Å²) in [7, 11) is 1.96. The Balaban J connectivity index is 2.16. The highest BCUT2D eigenvalue weighted by Gasteiger charge is 2.24. The van der Waals surface area contributed by atoms with Gasteiger partial charge in [0.15, 0.2) is 0 Å². The second-order valence-electron chi connectivity index (χ2n) is 5.65. The maximum Gasteiger partial charge on any atom is 0.274 e. The van der Waals surface area contributed by atoms with Crippen LogP contribution in [0.2, 0.25) is 0 Å². The summed E-state index contributed by atoms with van der Waals surface area (Å²) in [5, 5.41) is 7.07. The van der Waals surface area contributed by atoms with Crippen LogP contribution in [0.5, 0.6) is 0 Å². The number of H-pyrrole nitrogens is 2. The van der Waals surface area contributed by atoms with Crippen molar-refractivity contribution in [2.45, 2.75) is 18.4 Å². The van der Waals surface area contributed by atoms with Crippen LogP contribution in [0, 0.1) is 9.88 Å². The Bertz CT molecular complexity index is 1270. The summed E-state index contributed by atoms with van der Waals surface area (Å²) in [5.74, 6) is 0. The van der Waals surface area contributed by atoms with E-state index >= 15 is 0 Å². The third-order valence-corrected chi connectivity index (χ3v) is 6.76. The van der Waals surface area contributed by atoms with E-state index in [0.717, 1.165) is 15.6 Å². The van der Waals surface area contributed by atoms with Gasteiger partial charge >= 0.3 is 0 Å². The Labute approximate surface area is 150 Å². The molecule has 3 aromatic rings. The highest BCUT2D eigenvalue weighted by atomic mass is 32.2. The number of aromatic amines is 2. The number of thiazole rings is 1. The molecule has 0 spiro atoms. The van der Waals surface area contributed by atoms with Gasteiger partial charge in [0.05, 0.1) is 16.3 Å². The quantitative estimate of drug-likeness (QED) is 0.667. The average Bonchev–Trinajstić information content (AvgIpc) is 3.22. The molecule has 1 aromatic carbocycles. The first-order chi connectivity index (χ1) is 12.0. The second kappa shape index (κ2) is 5.82. The number of fused-ring (bicyclic) bond motifs is 1. The van der Waals surface area contributed by atoms with Crippen LogP contribution in [0.3, 0.4) is 0 Å². The van der Waals surface area contributed by atoms with Gasteiger partial charge in [0.2, 0.25) is 0 Å². The van der Waals surface area contributed by atoms with Gasteiger partial charge in [-0.1, -0.05) is 30.5 Å². The van der Waals surface area contributed by atoms with E-state index in [-0.39, 0.29) is 11.1 Å². The van der Waals surface area contributed by atoms with Gasteiger partial charge in [0.25, 0.3) is 11.1 Å². The number of thioether (sulfide) groups is 1. The Morgan fingerprint density at radius 3 is 2.60 bits per heavy atom. The summed E-state index contributed by atoms with van der Waals surface area (Å²) in [4.78, 5) is 28.3. The predicted octanol–water partition coefficient (Wildman–Crippen LogP) is 0.951. The van der Waals surface area contributed by atoms with Gasteiger partial charge in [0.1, 0.15) is 14.2 Å². The minimum absolute atomic E-state index is 0.0790. The van der Waals surface area contributed by atoms with Crippen LogP contribution in [0.1, 0.15) is 6.92 Å². The number of para-hydroxylation sites is 1. The molecule has 128 valence electrons. The lowest BCUT2D eigenvalue weighted by Crippen LogP contribution is -2.31. The van der Waals surface area contributed by atoms with Gasteiger partial charge in [0, 0.05) is 18.5 Å². The van der Waals surface area contributed by atoms with Gasteiger partial charge in [-0.15, -0.1) is 11.3 Å².